The average Bonchev–Trinajstić information content (AvgIpc) is 3.00. The number of nitrogens with zero attached hydrogens (tertiary/aromatic N) is 2. The Morgan fingerprint density at radius 1 is 0.864 bits per heavy atom. The molecule has 2 aromatic carbocycles. The normalized spacial score (nSPS) is 10.7. The van der Waals surface area contributed by atoms with E-state index in [1.54, 1.807) is 17.5 Å². The van der Waals surface area contributed by atoms with Gasteiger partial charge in [0.2, 0.25) is 0 Å². The van der Waals surface area contributed by atoms with Crippen LogP contribution >= 0.6 is 11.3 Å². The Bertz CT molecular complexity index is 901. The van der Waals surface area contributed by atoms with E-state index in [9.17, 15) is 0 Å². The van der Waals surface area contributed by atoms with Gasteiger partial charge in [0, 0.05) is 17.4 Å². The maximum atomic E-state index is 4.71. The Labute approximate surface area is 132 Å². The maximum absolute atomic E-state index is 4.71. The lowest BCUT2D eigenvalue weighted by molar-refractivity contribution is 1.31. The van der Waals surface area contributed by atoms with Crippen LogP contribution in [0.15, 0.2) is 72.9 Å². The lowest BCUT2D eigenvalue weighted by Gasteiger charge is -2.04. The highest BCUT2D eigenvalue weighted by molar-refractivity contribution is 7.21. The summed E-state index contributed by atoms with van der Waals surface area (Å²) in [7, 11) is 0. The van der Waals surface area contributed by atoms with Gasteiger partial charge in [-0.1, -0.05) is 36.4 Å². The van der Waals surface area contributed by atoms with E-state index in [2.05, 4.69) is 28.5 Å². The number of pyridine rings is 1. The molecule has 2 heterocycles. The van der Waals surface area contributed by atoms with E-state index in [0.29, 0.717) is 0 Å². The van der Waals surface area contributed by atoms with Crippen molar-refractivity contribution >= 4 is 33.1 Å². The highest BCUT2D eigenvalue weighted by Crippen LogP contribution is 2.32. The van der Waals surface area contributed by atoms with Crippen LogP contribution in [0, 0.1) is 0 Å². The number of aromatic nitrogens is 2. The molecule has 0 aliphatic rings. The third-order valence-corrected chi connectivity index (χ3v) is 4.41. The number of benzene rings is 2. The summed E-state index contributed by atoms with van der Waals surface area (Å²) in [5.41, 5.74) is 3.20. The van der Waals surface area contributed by atoms with E-state index in [0.717, 1.165) is 27.6 Å². The molecule has 0 bridgehead atoms. The molecule has 0 fully saturated rings. The predicted octanol–water partition coefficient (Wildman–Crippen LogP) is 5.10. The first-order valence-electron chi connectivity index (χ1n) is 7.02. The number of rotatable bonds is 3. The van der Waals surface area contributed by atoms with Crippen molar-refractivity contribution in [2.75, 3.05) is 5.32 Å². The molecule has 0 saturated heterocycles. The first-order chi connectivity index (χ1) is 10.9. The largest absolute Gasteiger partial charge is 0.340 e. The molecule has 0 amide bonds. The van der Waals surface area contributed by atoms with Gasteiger partial charge >= 0.3 is 0 Å². The van der Waals surface area contributed by atoms with Crippen LogP contribution in [0.2, 0.25) is 0 Å². The van der Waals surface area contributed by atoms with Crippen LogP contribution in [0.4, 0.5) is 11.5 Å². The SMILES string of the molecule is c1ccc(-c2nc3ccc(Nc4ccccn4)cc3s2)cc1. The van der Waals surface area contributed by atoms with Crippen molar-refractivity contribution in [1.29, 1.82) is 0 Å². The van der Waals surface area contributed by atoms with Crippen molar-refractivity contribution in [3.05, 3.63) is 72.9 Å². The van der Waals surface area contributed by atoms with Crippen LogP contribution in [-0.4, -0.2) is 9.97 Å². The summed E-state index contributed by atoms with van der Waals surface area (Å²) in [6.45, 7) is 0. The molecule has 0 atom stereocenters. The van der Waals surface area contributed by atoms with Crippen molar-refractivity contribution in [2.24, 2.45) is 0 Å². The Morgan fingerprint density at radius 2 is 1.73 bits per heavy atom. The van der Waals surface area contributed by atoms with E-state index in [1.807, 2.05) is 48.5 Å². The van der Waals surface area contributed by atoms with Crippen LogP contribution in [-0.2, 0) is 0 Å². The van der Waals surface area contributed by atoms with E-state index in [1.165, 1.54) is 4.70 Å². The minimum Gasteiger partial charge on any atom is -0.340 e. The fraction of sp³-hybridized carbons (Fsp3) is 0. The number of hydrogen-bond donors (Lipinski definition) is 1. The van der Waals surface area contributed by atoms with E-state index >= 15 is 0 Å². The number of anilines is 2. The minimum atomic E-state index is 0.842. The van der Waals surface area contributed by atoms with Gasteiger partial charge in [0.05, 0.1) is 10.2 Å². The zero-order valence-electron chi connectivity index (χ0n) is 11.7. The van der Waals surface area contributed by atoms with Crippen molar-refractivity contribution in [2.45, 2.75) is 0 Å². The van der Waals surface area contributed by atoms with Crippen LogP contribution in [0.25, 0.3) is 20.8 Å². The fourth-order valence-corrected chi connectivity index (χ4v) is 3.30. The highest BCUT2D eigenvalue weighted by atomic mass is 32.1. The van der Waals surface area contributed by atoms with Gasteiger partial charge in [-0.25, -0.2) is 9.97 Å². The zero-order chi connectivity index (χ0) is 14.8. The number of hydrogen-bond acceptors (Lipinski definition) is 4. The summed E-state index contributed by atoms with van der Waals surface area (Å²) in [6, 6.07) is 22.3. The molecule has 0 unspecified atom stereocenters. The number of thiazole rings is 1. The Balaban J connectivity index is 1.69. The molecular weight excluding hydrogens is 290 g/mol. The van der Waals surface area contributed by atoms with Crippen molar-refractivity contribution in [3.8, 4) is 10.6 Å². The van der Waals surface area contributed by atoms with Gasteiger partial charge in [-0.15, -0.1) is 11.3 Å². The summed E-state index contributed by atoms with van der Waals surface area (Å²) in [6.07, 6.45) is 1.78. The van der Waals surface area contributed by atoms with Gasteiger partial charge in [0.1, 0.15) is 10.8 Å². The topological polar surface area (TPSA) is 37.8 Å². The quantitative estimate of drug-likeness (QED) is 0.572. The summed E-state index contributed by atoms with van der Waals surface area (Å²) in [4.78, 5) is 8.99. The molecule has 2 aromatic heterocycles. The van der Waals surface area contributed by atoms with Gasteiger partial charge in [0.25, 0.3) is 0 Å². The Kier molecular flexibility index (Phi) is 3.29. The first kappa shape index (κ1) is 13.0. The smallest absolute Gasteiger partial charge is 0.130 e. The third kappa shape index (κ3) is 2.56. The van der Waals surface area contributed by atoms with Gasteiger partial charge in [0.15, 0.2) is 0 Å². The highest BCUT2D eigenvalue weighted by Gasteiger charge is 2.06. The molecule has 106 valence electrons. The molecule has 0 radical (unpaired) electrons. The first-order valence-corrected chi connectivity index (χ1v) is 7.84. The van der Waals surface area contributed by atoms with Gasteiger partial charge < -0.3 is 5.32 Å². The van der Waals surface area contributed by atoms with Gasteiger partial charge in [-0.2, -0.15) is 0 Å². The summed E-state index contributed by atoms with van der Waals surface area (Å²) >= 11 is 1.70. The van der Waals surface area contributed by atoms with Crippen LogP contribution in [0.1, 0.15) is 0 Å². The van der Waals surface area contributed by atoms with Crippen molar-refractivity contribution < 1.29 is 0 Å². The second kappa shape index (κ2) is 5.58. The maximum Gasteiger partial charge on any atom is 0.130 e. The Hall–Kier alpha value is -2.72. The van der Waals surface area contributed by atoms with Gasteiger partial charge in [-0.05, 0) is 30.3 Å². The zero-order valence-corrected chi connectivity index (χ0v) is 12.5. The number of fused-ring (bicyclic) bond motifs is 1. The Morgan fingerprint density at radius 3 is 2.55 bits per heavy atom. The third-order valence-electron chi connectivity index (χ3n) is 3.35. The van der Waals surface area contributed by atoms with Crippen LogP contribution in [0.5, 0.6) is 0 Å². The molecule has 22 heavy (non-hydrogen) atoms. The minimum absolute atomic E-state index is 0.842. The van der Waals surface area contributed by atoms with Crippen LogP contribution < -0.4 is 5.32 Å². The van der Waals surface area contributed by atoms with Crippen molar-refractivity contribution in [1.82, 2.24) is 9.97 Å². The average molecular weight is 303 g/mol. The molecule has 1 N–H and O–H groups in total. The molecule has 0 saturated carbocycles. The van der Waals surface area contributed by atoms with Crippen molar-refractivity contribution in [3.63, 3.8) is 0 Å². The monoisotopic (exact) mass is 303 g/mol. The van der Waals surface area contributed by atoms with Gasteiger partial charge in [-0.3, -0.25) is 0 Å². The number of nitrogens with one attached hydrogen (secondary N) is 1. The summed E-state index contributed by atoms with van der Waals surface area (Å²) < 4.78 is 1.17. The summed E-state index contributed by atoms with van der Waals surface area (Å²) in [5.74, 6) is 0.842. The molecule has 4 rings (SSSR count). The lowest BCUT2D eigenvalue weighted by atomic mass is 10.2. The fourth-order valence-electron chi connectivity index (χ4n) is 2.29. The van der Waals surface area contributed by atoms with Crippen LogP contribution in [0.3, 0.4) is 0 Å². The summed E-state index contributed by atoms with van der Waals surface area (Å²) in [5, 5.41) is 4.36. The predicted molar refractivity (Wildman–Crippen MR) is 92.6 cm³/mol. The molecule has 0 aliphatic heterocycles. The molecule has 0 spiro atoms. The molecule has 4 aromatic rings. The molecule has 0 aliphatic carbocycles. The second-order valence-corrected chi connectivity index (χ2v) is 5.94. The standard InChI is InChI=1S/C18H13N3S/c1-2-6-13(7-3-1)18-21-15-10-9-14(12-16(15)22-18)20-17-8-4-5-11-19-17/h1-12H,(H,19,20). The molecular formula is C18H13N3S. The van der Waals surface area contributed by atoms with E-state index in [-0.39, 0.29) is 0 Å². The lowest BCUT2D eigenvalue weighted by Crippen LogP contribution is -1.91. The molecule has 4 heteroatoms. The second-order valence-electron chi connectivity index (χ2n) is 4.91. The van der Waals surface area contributed by atoms with E-state index in [4.69, 9.17) is 4.98 Å². The van der Waals surface area contributed by atoms with E-state index < -0.39 is 0 Å². The molecule has 3 nitrogen and oxygen atoms in total.